The number of halogens is 2. The van der Waals surface area contributed by atoms with Gasteiger partial charge >= 0.3 is 0 Å². The first-order chi connectivity index (χ1) is 9.24. The highest BCUT2D eigenvalue weighted by Crippen LogP contribution is 2.41. The van der Waals surface area contributed by atoms with Crippen LogP contribution >= 0.6 is 11.6 Å². The highest BCUT2D eigenvalue weighted by molar-refractivity contribution is 6.30. The molecule has 2 aliphatic rings. The predicted molar refractivity (Wildman–Crippen MR) is 75.9 cm³/mol. The molecule has 1 N–H and O–H groups in total. The van der Waals surface area contributed by atoms with Gasteiger partial charge < -0.3 is 5.32 Å². The molecular formula is C15H20ClFN2. The molecule has 1 aromatic rings. The van der Waals surface area contributed by atoms with Gasteiger partial charge in [0.15, 0.2) is 0 Å². The Morgan fingerprint density at radius 2 is 2.05 bits per heavy atom. The molecule has 1 aliphatic carbocycles. The fourth-order valence-electron chi connectivity index (χ4n) is 2.91. The fourth-order valence-corrected chi connectivity index (χ4v) is 3.09. The van der Waals surface area contributed by atoms with E-state index in [4.69, 9.17) is 11.6 Å². The summed E-state index contributed by atoms with van der Waals surface area (Å²) in [6.07, 6.45) is 3.66. The summed E-state index contributed by atoms with van der Waals surface area (Å²) < 4.78 is 14.1. The van der Waals surface area contributed by atoms with Crippen LogP contribution in [-0.2, 0) is 0 Å². The molecule has 1 aromatic carbocycles. The molecular weight excluding hydrogens is 263 g/mol. The fraction of sp³-hybridized carbons (Fsp3) is 0.600. The molecule has 4 heteroatoms. The molecule has 2 nitrogen and oxygen atoms in total. The number of benzene rings is 1. The number of rotatable bonds is 4. The van der Waals surface area contributed by atoms with Crippen molar-refractivity contribution in [1.29, 1.82) is 0 Å². The lowest BCUT2D eigenvalue weighted by Crippen LogP contribution is -2.45. The molecule has 1 saturated heterocycles. The van der Waals surface area contributed by atoms with Gasteiger partial charge in [-0.05, 0) is 30.5 Å². The number of nitrogens with one attached hydrogen (secondary N) is 1. The zero-order valence-corrected chi connectivity index (χ0v) is 11.8. The van der Waals surface area contributed by atoms with Crippen molar-refractivity contribution in [3.05, 3.63) is 34.6 Å². The van der Waals surface area contributed by atoms with Crippen LogP contribution in [0.15, 0.2) is 18.2 Å². The quantitative estimate of drug-likeness (QED) is 0.912. The molecule has 0 spiro atoms. The Labute approximate surface area is 118 Å². The van der Waals surface area contributed by atoms with Crippen molar-refractivity contribution >= 4 is 11.6 Å². The lowest BCUT2D eigenvalue weighted by atomic mass is 9.98. The van der Waals surface area contributed by atoms with Crippen LogP contribution in [0, 0.1) is 11.7 Å². The van der Waals surface area contributed by atoms with Gasteiger partial charge in [-0.2, -0.15) is 0 Å². The Kier molecular flexibility index (Phi) is 4.06. The normalized spacial score (nSPS) is 22.4. The highest BCUT2D eigenvalue weighted by atomic mass is 35.5. The molecule has 1 aliphatic heterocycles. The van der Waals surface area contributed by atoms with Crippen molar-refractivity contribution in [1.82, 2.24) is 10.2 Å². The molecule has 1 atom stereocenters. The Hall–Kier alpha value is -0.640. The number of hydrogen-bond acceptors (Lipinski definition) is 2. The molecule has 0 aromatic heterocycles. The maximum absolute atomic E-state index is 14.1. The van der Waals surface area contributed by atoms with Gasteiger partial charge in [-0.1, -0.05) is 24.4 Å². The van der Waals surface area contributed by atoms with Gasteiger partial charge in [0.2, 0.25) is 0 Å². The van der Waals surface area contributed by atoms with Crippen molar-refractivity contribution < 1.29 is 4.39 Å². The molecule has 3 rings (SSSR count). The molecule has 0 amide bonds. The summed E-state index contributed by atoms with van der Waals surface area (Å²) in [7, 11) is 0. The highest BCUT2D eigenvalue weighted by Gasteiger charge is 2.31. The van der Waals surface area contributed by atoms with E-state index in [1.54, 1.807) is 6.07 Å². The van der Waals surface area contributed by atoms with Crippen LogP contribution in [0.1, 0.15) is 30.9 Å². The van der Waals surface area contributed by atoms with E-state index in [1.165, 1.54) is 18.9 Å². The third kappa shape index (κ3) is 3.28. The maximum Gasteiger partial charge on any atom is 0.128 e. The van der Waals surface area contributed by atoms with E-state index in [1.807, 2.05) is 6.07 Å². The second-order valence-corrected chi connectivity index (χ2v) is 6.08. The standard InChI is InChI=1S/C15H20ClFN2/c16-12-3-4-14(17)13(10-12)15(9-11-1-2-11)19-7-5-18-6-8-19/h3-4,10-11,15,18H,1-2,5-9H2/t15-/m1/s1. The van der Waals surface area contributed by atoms with Crippen molar-refractivity contribution in [2.24, 2.45) is 5.92 Å². The van der Waals surface area contributed by atoms with Gasteiger partial charge in [0.25, 0.3) is 0 Å². The number of hydrogen-bond donors (Lipinski definition) is 1. The van der Waals surface area contributed by atoms with E-state index in [0.29, 0.717) is 5.02 Å². The minimum absolute atomic E-state index is 0.117. The molecule has 0 bridgehead atoms. The average molecular weight is 283 g/mol. The van der Waals surface area contributed by atoms with Crippen molar-refractivity contribution in [2.45, 2.75) is 25.3 Å². The van der Waals surface area contributed by atoms with Gasteiger partial charge in [0.1, 0.15) is 5.82 Å². The van der Waals surface area contributed by atoms with E-state index in [2.05, 4.69) is 10.2 Å². The third-order valence-electron chi connectivity index (χ3n) is 4.16. The predicted octanol–water partition coefficient (Wildman–Crippen LogP) is 3.23. The van der Waals surface area contributed by atoms with Crippen LogP contribution < -0.4 is 5.32 Å². The zero-order chi connectivity index (χ0) is 13.2. The van der Waals surface area contributed by atoms with Crippen LogP contribution in [0.2, 0.25) is 5.02 Å². The van der Waals surface area contributed by atoms with Crippen molar-refractivity contribution in [3.63, 3.8) is 0 Å². The summed E-state index contributed by atoms with van der Waals surface area (Å²) in [5.41, 5.74) is 0.779. The molecule has 0 radical (unpaired) electrons. The van der Waals surface area contributed by atoms with E-state index in [9.17, 15) is 4.39 Å². The second-order valence-electron chi connectivity index (χ2n) is 5.65. The SMILES string of the molecule is Fc1ccc(Cl)cc1[C@@H](CC1CC1)N1CCNCC1. The van der Waals surface area contributed by atoms with E-state index in [-0.39, 0.29) is 11.9 Å². The third-order valence-corrected chi connectivity index (χ3v) is 4.40. The smallest absolute Gasteiger partial charge is 0.128 e. The molecule has 1 saturated carbocycles. The zero-order valence-electron chi connectivity index (χ0n) is 11.0. The maximum atomic E-state index is 14.1. The summed E-state index contributed by atoms with van der Waals surface area (Å²) in [5.74, 6) is 0.659. The van der Waals surface area contributed by atoms with Crippen LogP contribution in [0.3, 0.4) is 0 Å². The lowest BCUT2D eigenvalue weighted by Gasteiger charge is -2.35. The minimum Gasteiger partial charge on any atom is -0.314 e. The molecule has 19 heavy (non-hydrogen) atoms. The summed E-state index contributed by atoms with van der Waals surface area (Å²) in [6, 6.07) is 5.13. The molecule has 104 valence electrons. The summed E-state index contributed by atoms with van der Waals surface area (Å²) in [6.45, 7) is 3.96. The van der Waals surface area contributed by atoms with E-state index >= 15 is 0 Å². The Bertz CT molecular complexity index is 442. The van der Waals surface area contributed by atoms with Gasteiger partial charge in [-0.3, -0.25) is 4.90 Å². The monoisotopic (exact) mass is 282 g/mol. The molecule has 0 unspecified atom stereocenters. The first-order valence-electron chi connectivity index (χ1n) is 7.14. The summed E-state index contributed by atoms with van der Waals surface area (Å²) in [4.78, 5) is 2.41. The minimum atomic E-state index is -0.117. The van der Waals surface area contributed by atoms with Crippen LogP contribution in [0.5, 0.6) is 0 Å². The largest absolute Gasteiger partial charge is 0.314 e. The summed E-state index contributed by atoms with van der Waals surface area (Å²) in [5, 5.41) is 3.99. The Balaban J connectivity index is 1.85. The number of piperazine rings is 1. The van der Waals surface area contributed by atoms with Gasteiger partial charge in [0.05, 0.1) is 0 Å². The topological polar surface area (TPSA) is 15.3 Å². The van der Waals surface area contributed by atoms with Crippen LogP contribution in [0.25, 0.3) is 0 Å². The van der Waals surface area contributed by atoms with E-state index < -0.39 is 0 Å². The first-order valence-corrected chi connectivity index (χ1v) is 7.51. The summed E-state index contributed by atoms with van der Waals surface area (Å²) >= 11 is 6.05. The van der Waals surface area contributed by atoms with Gasteiger partial charge in [-0.25, -0.2) is 4.39 Å². The van der Waals surface area contributed by atoms with E-state index in [0.717, 1.165) is 44.1 Å². The Morgan fingerprint density at radius 1 is 1.32 bits per heavy atom. The number of nitrogens with zero attached hydrogens (tertiary/aromatic N) is 1. The average Bonchev–Trinajstić information content (AvgIpc) is 3.24. The van der Waals surface area contributed by atoms with Gasteiger partial charge in [-0.15, -0.1) is 0 Å². The lowest BCUT2D eigenvalue weighted by molar-refractivity contribution is 0.157. The van der Waals surface area contributed by atoms with Crippen LogP contribution in [-0.4, -0.2) is 31.1 Å². The second kappa shape index (κ2) is 5.78. The van der Waals surface area contributed by atoms with Crippen molar-refractivity contribution in [2.75, 3.05) is 26.2 Å². The van der Waals surface area contributed by atoms with Crippen LogP contribution in [0.4, 0.5) is 4.39 Å². The van der Waals surface area contributed by atoms with Gasteiger partial charge in [0, 0.05) is 42.8 Å². The molecule has 2 fully saturated rings. The van der Waals surface area contributed by atoms with Crippen molar-refractivity contribution in [3.8, 4) is 0 Å². The first kappa shape index (κ1) is 13.3. The molecule has 1 heterocycles. The Morgan fingerprint density at radius 3 is 2.74 bits per heavy atom.